The summed E-state index contributed by atoms with van der Waals surface area (Å²) < 4.78 is 35.8. The molecule has 2 aromatic rings. The number of carboxylic acid groups (broad SMARTS) is 1. The minimum absolute atomic E-state index is 0.0530. The number of aliphatic hydroxyl groups is 2. The molecular weight excluding hydrogens is 635 g/mol. The Morgan fingerprint density at radius 3 is 2.49 bits per heavy atom. The quantitative estimate of drug-likeness (QED) is 0.289. The first-order valence-electron chi connectivity index (χ1n) is 16.6. The molecule has 3 saturated carbocycles. The molecule has 0 aromatic heterocycles. The van der Waals surface area contributed by atoms with Crippen molar-refractivity contribution in [3.63, 3.8) is 0 Å². The van der Waals surface area contributed by atoms with E-state index >= 15 is 4.39 Å². The molecule has 1 saturated heterocycles. The van der Waals surface area contributed by atoms with Crippen LogP contribution in [0.4, 0.5) is 4.39 Å². The van der Waals surface area contributed by atoms with E-state index in [1.54, 1.807) is 26.0 Å². The highest BCUT2D eigenvalue weighted by Gasteiger charge is 2.79. The smallest absolute Gasteiger partial charge is 0.417 e. The third-order valence-electron chi connectivity index (χ3n) is 12.1. The lowest BCUT2D eigenvalue weighted by Gasteiger charge is -2.62. The minimum atomic E-state index is -2.15. The lowest BCUT2D eigenvalue weighted by molar-refractivity contribution is -0.231. The number of benzene rings is 2. The van der Waals surface area contributed by atoms with Crippen LogP contribution in [-0.2, 0) is 46.4 Å². The van der Waals surface area contributed by atoms with Crippen LogP contribution in [0.3, 0.4) is 0 Å². The molecule has 11 heteroatoms. The van der Waals surface area contributed by atoms with E-state index in [1.807, 2.05) is 42.5 Å². The minimum Gasteiger partial charge on any atom is -0.473 e. The number of carbonyl (C=O) groups excluding carboxylic acids is 3. The van der Waals surface area contributed by atoms with Crippen molar-refractivity contribution in [1.29, 1.82) is 0 Å². The van der Waals surface area contributed by atoms with Gasteiger partial charge in [0.25, 0.3) is 0 Å². The fourth-order valence-electron chi connectivity index (χ4n) is 9.75. The van der Waals surface area contributed by atoms with Gasteiger partial charge in [0.15, 0.2) is 29.9 Å². The Balaban J connectivity index is 1.23. The summed E-state index contributed by atoms with van der Waals surface area (Å²) in [5.41, 5.74) is -2.37. The van der Waals surface area contributed by atoms with E-state index in [-0.39, 0.29) is 25.2 Å². The molecule has 0 unspecified atom stereocenters. The normalized spacial score (nSPS) is 37.4. The number of alkyl halides is 1. The highest BCUT2D eigenvalue weighted by atomic mass is 19.1. The van der Waals surface area contributed by atoms with Crippen molar-refractivity contribution in [3.8, 4) is 0 Å². The Hall–Kier alpha value is -4.03. The topological polar surface area (TPSA) is 157 Å². The summed E-state index contributed by atoms with van der Waals surface area (Å²) in [6.45, 7) is 2.53. The zero-order valence-corrected chi connectivity index (χ0v) is 27.3. The molecule has 1 heterocycles. The number of carboxylic acids is 1. The van der Waals surface area contributed by atoms with Crippen LogP contribution < -0.4 is 0 Å². The second kappa shape index (κ2) is 11.8. The van der Waals surface area contributed by atoms with E-state index in [2.05, 4.69) is 0 Å². The largest absolute Gasteiger partial charge is 0.473 e. The molecule has 0 bridgehead atoms. The van der Waals surface area contributed by atoms with E-state index in [1.165, 1.54) is 12.2 Å². The predicted octanol–water partition coefficient (Wildman–Crippen LogP) is 4.10. The third-order valence-corrected chi connectivity index (χ3v) is 12.1. The van der Waals surface area contributed by atoms with Crippen LogP contribution in [-0.4, -0.2) is 68.9 Å². The van der Waals surface area contributed by atoms with Crippen LogP contribution in [0.5, 0.6) is 0 Å². The fourth-order valence-corrected chi connectivity index (χ4v) is 9.75. The van der Waals surface area contributed by atoms with Crippen LogP contribution in [0.25, 0.3) is 0 Å². The third kappa shape index (κ3) is 4.88. The number of fused-ring (bicyclic) bond motifs is 7. The van der Waals surface area contributed by atoms with Gasteiger partial charge in [-0.15, -0.1) is 0 Å². The van der Waals surface area contributed by atoms with Crippen LogP contribution in [0.15, 0.2) is 72.3 Å². The molecule has 0 amide bonds. The average Bonchev–Trinajstić information content (AvgIpc) is 3.58. The van der Waals surface area contributed by atoms with E-state index in [0.29, 0.717) is 30.4 Å². The van der Waals surface area contributed by atoms with Gasteiger partial charge < -0.3 is 29.5 Å². The van der Waals surface area contributed by atoms with E-state index < -0.39 is 76.8 Å². The SMILES string of the molecule is C[C@]12C=CC(=O)C=C1CC[C@H]1[C@@H]3C[C@H]4O[C@@H](c5cccc(Cc6ccc(CO)cc6)c5)O[C@@]4(C(=O)COC(=O)C(=O)O)[C@@]3(C)C[C@H](O)[C@@]12F. The molecule has 3 N–H and O–H groups in total. The molecule has 7 rings (SSSR count). The van der Waals surface area contributed by atoms with Gasteiger partial charge in [-0.25, -0.2) is 14.0 Å². The van der Waals surface area contributed by atoms with Gasteiger partial charge in [0.05, 0.1) is 18.8 Å². The van der Waals surface area contributed by atoms with Gasteiger partial charge in [0.2, 0.25) is 5.78 Å². The monoisotopic (exact) mass is 674 g/mol. The van der Waals surface area contributed by atoms with Crippen molar-refractivity contribution in [2.45, 2.75) is 82.3 Å². The first-order valence-corrected chi connectivity index (χ1v) is 16.6. The molecule has 4 aliphatic carbocycles. The first kappa shape index (κ1) is 33.5. The van der Waals surface area contributed by atoms with Gasteiger partial charge in [-0.2, -0.15) is 0 Å². The summed E-state index contributed by atoms with van der Waals surface area (Å²) in [5.74, 6) is -5.63. The molecular formula is C38H39FO10. The van der Waals surface area contributed by atoms with Gasteiger partial charge >= 0.3 is 11.9 Å². The first-order chi connectivity index (χ1) is 23.3. The molecule has 10 nitrogen and oxygen atoms in total. The lowest BCUT2D eigenvalue weighted by atomic mass is 9.44. The summed E-state index contributed by atoms with van der Waals surface area (Å²) >= 11 is 0. The van der Waals surface area contributed by atoms with Gasteiger partial charge in [-0.1, -0.05) is 67.1 Å². The van der Waals surface area contributed by atoms with E-state index in [4.69, 9.17) is 19.3 Å². The Kier molecular flexibility index (Phi) is 8.05. The fraction of sp³-hybridized carbons (Fsp3) is 0.474. The Bertz CT molecular complexity index is 1780. The molecule has 5 aliphatic rings. The van der Waals surface area contributed by atoms with E-state index in [0.717, 1.165) is 16.7 Å². The number of rotatable bonds is 7. The highest BCUT2D eigenvalue weighted by molar-refractivity contribution is 6.28. The second-order valence-electron chi connectivity index (χ2n) is 14.5. The number of halogens is 1. The van der Waals surface area contributed by atoms with Crippen molar-refractivity contribution >= 4 is 23.5 Å². The number of aliphatic carboxylic acids is 1. The summed E-state index contributed by atoms with van der Waals surface area (Å²) in [6.07, 6.45) is 2.21. The van der Waals surface area contributed by atoms with E-state index in [9.17, 15) is 29.4 Å². The average molecular weight is 675 g/mol. The maximum atomic E-state index is 17.8. The number of carbonyl (C=O) groups is 4. The zero-order chi connectivity index (χ0) is 34.9. The number of hydrogen-bond acceptors (Lipinski definition) is 9. The standard InChI is InChI=1S/C38H39FO10/c1-35-13-12-26(41)16-25(35)10-11-27-28-17-31-38(30(43)20-47-33(46)32(44)45,36(28,2)18-29(42)37(27,35)39)49-34(48-31)24-5-3-4-23(15-24)14-21-6-8-22(19-40)9-7-21/h3-9,12-13,15-16,27-29,31,34,40,42H,10-11,14,17-20H2,1-2H3,(H,44,45)/t27-,28-,29-,31+,34+,35-,36-,37-,38+/m0/s1. The van der Waals surface area contributed by atoms with Crippen molar-refractivity contribution in [2.75, 3.05) is 6.61 Å². The molecule has 0 spiro atoms. The Morgan fingerprint density at radius 1 is 1.04 bits per heavy atom. The number of ether oxygens (including phenoxy) is 3. The Labute approximate surface area is 282 Å². The van der Waals surface area contributed by atoms with Crippen LogP contribution in [0, 0.1) is 22.7 Å². The lowest BCUT2D eigenvalue weighted by Crippen LogP contribution is -2.69. The van der Waals surface area contributed by atoms with Crippen molar-refractivity contribution < 1.29 is 53.1 Å². The summed E-state index contributed by atoms with van der Waals surface area (Å²) in [5, 5.41) is 30.3. The maximum absolute atomic E-state index is 17.8. The Morgan fingerprint density at radius 2 is 1.78 bits per heavy atom. The van der Waals surface area contributed by atoms with Crippen molar-refractivity contribution in [1.82, 2.24) is 0 Å². The summed E-state index contributed by atoms with van der Waals surface area (Å²) in [4.78, 5) is 49.7. The number of ketones is 2. The highest BCUT2D eigenvalue weighted by Crippen LogP contribution is 2.72. The molecule has 0 radical (unpaired) electrons. The van der Waals surface area contributed by atoms with Gasteiger partial charge in [-0.3, -0.25) is 9.59 Å². The van der Waals surface area contributed by atoms with Crippen molar-refractivity contribution in [3.05, 3.63) is 94.6 Å². The van der Waals surface area contributed by atoms with Crippen LogP contribution in [0.1, 0.15) is 68.1 Å². The maximum Gasteiger partial charge on any atom is 0.417 e. The molecule has 258 valence electrons. The van der Waals surface area contributed by atoms with Gasteiger partial charge in [0, 0.05) is 22.3 Å². The number of hydrogen-bond donors (Lipinski definition) is 3. The molecule has 4 fully saturated rings. The number of aliphatic hydroxyl groups excluding tert-OH is 2. The number of allylic oxidation sites excluding steroid dienone is 4. The van der Waals surface area contributed by atoms with Crippen LogP contribution in [0.2, 0.25) is 0 Å². The molecule has 49 heavy (non-hydrogen) atoms. The molecule has 9 atom stereocenters. The second-order valence-corrected chi connectivity index (χ2v) is 14.5. The van der Waals surface area contributed by atoms with Crippen LogP contribution >= 0.6 is 0 Å². The summed E-state index contributed by atoms with van der Waals surface area (Å²) in [6, 6.07) is 15.1. The molecule has 1 aliphatic heterocycles. The van der Waals surface area contributed by atoms with Crippen molar-refractivity contribution in [2.24, 2.45) is 22.7 Å². The summed E-state index contributed by atoms with van der Waals surface area (Å²) in [7, 11) is 0. The molecule has 2 aromatic carbocycles. The van der Waals surface area contributed by atoms with Gasteiger partial charge in [-0.05, 0) is 73.8 Å². The number of esters is 1. The number of Topliss-reactive ketones (excluding diaryl/α,β-unsaturated/α-hetero) is 1. The zero-order valence-electron chi connectivity index (χ0n) is 27.3. The van der Waals surface area contributed by atoms with Gasteiger partial charge in [0.1, 0.15) is 0 Å². The predicted molar refractivity (Wildman–Crippen MR) is 170 cm³/mol.